The van der Waals surface area contributed by atoms with Crippen LogP contribution in [0.5, 0.6) is 0 Å². The van der Waals surface area contributed by atoms with Crippen LogP contribution in [0.15, 0.2) is 48.6 Å². The van der Waals surface area contributed by atoms with E-state index in [0.29, 0.717) is 19.3 Å². The lowest BCUT2D eigenvalue weighted by atomic mass is 10.1. The van der Waals surface area contributed by atoms with Gasteiger partial charge >= 0.3 is 17.9 Å². The molecule has 0 aliphatic heterocycles. The van der Waals surface area contributed by atoms with Gasteiger partial charge in [-0.25, -0.2) is 0 Å². The minimum atomic E-state index is -0.781. The van der Waals surface area contributed by atoms with Gasteiger partial charge in [0.25, 0.3) is 0 Å². The van der Waals surface area contributed by atoms with Crippen molar-refractivity contribution in [3.05, 3.63) is 48.6 Å². The van der Waals surface area contributed by atoms with Gasteiger partial charge in [-0.05, 0) is 64.2 Å². The molecule has 1 atom stereocenters. The van der Waals surface area contributed by atoms with E-state index in [1.165, 1.54) is 89.9 Å². The van der Waals surface area contributed by atoms with Crippen LogP contribution in [0.25, 0.3) is 0 Å². The maximum Gasteiger partial charge on any atom is 0.306 e. The molecule has 0 aliphatic rings. The van der Waals surface area contributed by atoms with Gasteiger partial charge in [-0.1, -0.05) is 191 Å². The predicted molar refractivity (Wildman–Crippen MR) is 233 cm³/mol. The van der Waals surface area contributed by atoms with Crippen molar-refractivity contribution in [2.24, 2.45) is 0 Å². The highest BCUT2D eigenvalue weighted by atomic mass is 16.6. The minimum absolute atomic E-state index is 0.0836. The van der Waals surface area contributed by atoms with Gasteiger partial charge in [0.05, 0.1) is 0 Å². The SMILES string of the molecule is CCCC/C=C\CCCCCCC(=O)OC(COC(=O)CCCCCCC\C=C/C=C\C=C/CCCCCCC)COC(=O)CCCCCCCCCCC. The predicted octanol–water partition coefficient (Wildman–Crippen LogP) is 14.8. The molecule has 55 heavy (non-hydrogen) atoms. The van der Waals surface area contributed by atoms with E-state index in [-0.39, 0.29) is 31.1 Å². The molecule has 318 valence electrons. The van der Waals surface area contributed by atoms with Gasteiger partial charge in [0.15, 0.2) is 6.10 Å². The smallest absolute Gasteiger partial charge is 0.306 e. The van der Waals surface area contributed by atoms with E-state index in [1.807, 2.05) is 0 Å². The zero-order chi connectivity index (χ0) is 40.1. The normalized spacial score (nSPS) is 12.4. The van der Waals surface area contributed by atoms with E-state index in [1.54, 1.807) is 0 Å². The minimum Gasteiger partial charge on any atom is -0.462 e. The van der Waals surface area contributed by atoms with Crippen molar-refractivity contribution in [2.75, 3.05) is 13.2 Å². The van der Waals surface area contributed by atoms with Crippen LogP contribution in [-0.4, -0.2) is 37.2 Å². The molecular formula is C49H86O6. The zero-order valence-electron chi connectivity index (χ0n) is 36.2. The first-order valence-corrected chi connectivity index (χ1v) is 23.2. The van der Waals surface area contributed by atoms with Crippen LogP contribution in [0.3, 0.4) is 0 Å². The van der Waals surface area contributed by atoms with Crippen molar-refractivity contribution < 1.29 is 28.6 Å². The van der Waals surface area contributed by atoms with Gasteiger partial charge < -0.3 is 14.2 Å². The monoisotopic (exact) mass is 771 g/mol. The molecule has 0 N–H and O–H groups in total. The Morgan fingerprint density at radius 1 is 0.364 bits per heavy atom. The highest BCUT2D eigenvalue weighted by molar-refractivity contribution is 5.71. The van der Waals surface area contributed by atoms with Gasteiger partial charge in [-0.2, -0.15) is 0 Å². The summed E-state index contributed by atoms with van der Waals surface area (Å²) in [6.07, 6.45) is 50.9. The molecule has 0 spiro atoms. The maximum absolute atomic E-state index is 12.7. The molecule has 0 amide bonds. The second-order valence-electron chi connectivity index (χ2n) is 15.4. The second kappa shape index (κ2) is 44.1. The highest BCUT2D eigenvalue weighted by Gasteiger charge is 2.19. The number of esters is 3. The Morgan fingerprint density at radius 2 is 0.691 bits per heavy atom. The second-order valence-corrected chi connectivity index (χ2v) is 15.4. The number of rotatable bonds is 41. The molecule has 0 radical (unpaired) electrons. The summed E-state index contributed by atoms with van der Waals surface area (Å²) in [4.78, 5) is 37.6. The van der Waals surface area contributed by atoms with Crippen molar-refractivity contribution in [1.82, 2.24) is 0 Å². The van der Waals surface area contributed by atoms with Crippen molar-refractivity contribution >= 4 is 17.9 Å². The fourth-order valence-electron chi connectivity index (χ4n) is 6.31. The Labute approximate surface area is 339 Å². The molecule has 0 aromatic carbocycles. The van der Waals surface area contributed by atoms with E-state index in [0.717, 1.165) is 96.3 Å². The van der Waals surface area contributed by atoms with Crippen LogP contribution in [0.2, 0.25) is 0 Å². The fraction of sp³-hybridized carbons (Fsp3) is 0.776. The molecule has 0 fully saturated rings. The Hall–Kier alpha value is -2.63. The number of ether oxygens (including phenoxy) is 3. The van der Waals surface area contributed by atoms with E-state index in [2.05, 4.69) is 69.4 Å². The van der Waals surface area contributed by atoms with Gasteiger partial charge in [0, 0.05) is 19.3 Å². The molecule has 0 aromatic rings. The zero-order valence-corrected chi connectivity index (χ0v) is 36.2. The van der Waals surface area contributed by atoms with Gasteiger partial charge in [0.2, 0.25) is 0 Å². The van der Waals surface area contributed by atoms with Crippen LogP contribution in [0, 0.1) is 0 Å². The van der Waals surface area contributed by atoms with Crippen LogP contribution in [0.1, 0.15) is 226 Å². The molecule has 0 aliphatic carbocycles. The maximum atomic E-state index is 12.7. The summed E-state index contributed by atoms with van der Waals surface area (Å²) >= 11 is 0. The molecule has 0 heterocycles. The van der Waals surface area contributed by atoms with Crippen LogP contribution in [0.4, 0.5) is 0 Å². The highest BCUT2D eigenvalue weighted by Crippen LogP contribution is 2.13. The summed E-state index contributed by atoms with van der Waals surface area (Å²) in [6.45, 7) is 6.52. The fourth-order valence-corrected chi connectivity index (χ4v) is 6.31. The summed E-state index contributed by atoms with van der Waals surface area (Å²) in [5.74, 6) is -0.922. The lowest BCUT2D eigenvalue weighted by molar-refractivity contribution is -0.167. The number of hydrogen-bond donors (Lipinski definition) is 0. The molecule has 6 nitrogen and oxygen atoms in total. The lowest BCUT2D eigenvalue weighted by Gasteiger charge is -2.18. The van der Waals surface area contributed by atoms with Crippen LogP contribution in [-0.2, 0) is 28.6 Å². The summed E-state index contributed by atoms with van der Waals surface area (Å²) in [5.41, 5.74) is 0. The van der Waals surface area contributed by atoms with Crippen molar-refractivity contribution in [2.45, 2.75) is 232 Å². The van der Waals surface area contributed by atoms with Crippen molar-refractivity contribution in [1.29, 1.82) is 0 Å². The van der Waals surface area contributed by atoms with Gasteiger partial charge in [-0.3, -0.25) is 14.4 Å². The molecular weight excluding hydrogens is 685 g/mol. The Bertz CT molecular complexity index is 980. The Morgan fingerprint density at radius 3 is 1.11 bits per heavy atom. The first kappa shape index (κ1) is 52.4. The first-order chi connectivity index (χ1) is 27.0. The number of unbranched alkanes of at least 4 members (excludes halogenated alkanes) is 24. The Kier molecular flexibility index (Phi) is 42.0. The molecule has 6 heteroatoms. The molecule has 1 unspecified atom stereocenters. The number of allylic oxidation sites excluding steroid dienone is 8. The molecule has 0 aromatic heterocycles. The standard InChI is InChI=1S/C49H86O6/c1-4-7-10-13-16-19-21-22-23-24-25-26-27-28-31-33-36-39-42-48(51)54-45-46(44-53-47(50)41-38-35-32-29-18-15-12-9-6-3)55-49(52)43-40-37-34-30-20-17-14-11-8-5-2/h14,17,21-26,46H,4-13,15-16,18-20,27-45H2,1-3H3/b17-14-,22-21-,24-23-,26-25-. The first-order valence-electron chi connectivity index (χ1n) is 23.2. The largest absolute Gasteiger partial charge is 0.462 e. The number of hydrogen-bond acceptors (Lipinski definition) is 6. The summed E-state index contributed by atoms with van der Waals surface area (Å²) in [7, 11) is 0. The van der Waals surface area contributed by atoms with Crippen LogP contribution >= 0.6 is 0 Å². The Balaban J connectivity index is 4.35. The topological polar surface area (TPSA) is 78.9 Å². The summed E-state index contributed by atoms with van der Waals surface area (Å²) < 4.78 is 16.6. The average Bonchev–Trinajstić information content (AvgIpc) is 3.18. The molecule has 0 saturated carbocycles. The molecule has 0 rings (SSSR count). The van der Waals surface area contributed by atoms with Crippen molar-refractivity contribution in [3.8, 4) is 0 Å². The van der Waals surface area contributed by atoms with Gasteiger partial charge in [0.1, 0.15) is 13.2 Å². The summed E-state index contributed by atoms with van der Waals surface area (Å²) in [6, 6.07) is 0. The third-order valence-corrected chi connectivity index (χ3v) is 9.87. The average molecular weight is 771 g/mol. The third-order valence-electron chi connectivity index (χ3n) is 9.87. The molecule has 0 bridgehead atoms. The number of carbonyl (C=O) groups excluding carboxylic acids is 3. The van der Waals surface area contributed by atoms with Crippen molar-refractivity contribution in [3.63, 3.8) is 0 Å². The lowest BCUT2D eigenvalue weighted by Crippen LogP contribution is -2.30. The van der Waals surface area contributed by atoms with E-state index in [9.17, 15) is 14.4 Å². The summed E-state index contributed by atoms with van der Waals surface area (Å²) in [5, 5.41) is 0. The number of carbonyl (C=O) groups is 3. The van der Waals surface area contributed by atoms with Crippen LogP contribution < -0.4 is 0 Å². The van der Waals surface area contributed by atoms with E-state index >= 15 is 0 Å². The quantitative estimate of drug-likeness (QED) is 0.0202. The van der Waals surface area contributed by atoms with E-state index in [4.69, 9.17) is 14.2 Å². The molecule has 0 saturated heterocycles. The van der Waals surface area contributed by atoms with Gasteiger partial charge in [-0.15, -0.1) is 0 Å². The van der Waals surface area contributed by atoms with E-state index < -0.39 is 6.10 Å². The third kappa shape index (κ3) is 42.4.